The molecule has 1 amide bonds. The number of nitro groups is 1. The molecule has 2 rings (SSSR count). The van der Waals surface area contributed by atoms with Crippen molar-refractivity contribution >= 4 is 33.0 Å². The molecule has 0 heterocycles. The fourth-order valence-electron chi connectivity index (χ4n) is 1.77. The molecule has 0 aliphatic rings. The number of anilines is 2. The van der Waals surface area contributed by atoms with Gasteiger partial charge in [0.25, 0.3) is 11.6 Å². The Hall–Kier alpha value is -2.94. The number of sulfonamides is 1. The van der Waals surface area contributed by atoms with Crippen LogP contribution < -0.4 is 10.0 Å². The fourth-order valence-corrected chi connectivity index (χ4v) is 2.34. The van der Waals surface area contributed by atoms with E-state index in [-0.39, 0.29) is 11.3 Å². The van der Waals surface area contributed by atoms with Crippen LogP contribution in [-0.2, 0) is 10.0 Å². The summed E-state index contributed by atoms with van der Waals surface area (Å²) in [6, 6.07) is 11.3. The van der Waals surface area contributed by atoms with Gasteiger partial charge in [0, 0.05) is 29.1 Å². The van der Waals surface area contributed by atoms with E-state index >= 15 is 0 Å². The smallest absolute Gasteiger partial charge is 0.269 e. The summed E-state index contributed by atoms with van der Waals surface area (Å²) in [6.45, 7) is 0. The molecule has 2 N–H and O–H groups in total. The summed E-state index contributed by atoms with van der Waals surface area (Å²) in [5.74, 6) is -0.427. The highest BCUT2D eigenvalue weighted by Gasteiger charge is 2.10. The molecule has 0 radical (unpaired) electrons. The van der Waals surface area contributed by atoms with Gasteiger partial charge in [0.05, 0.1) is 11.2 Å². The Balaban J connectivity index is 2.06. The van der Waals surface area contributed by atoms with E-state index in [0.717, 1.165) is 6.26 Å². The van der Waals surface area contributed by atoms with Gasteiger partial charge in [-0.25, -0.2) is 8.42 Å². The van der Waals surface area contributed by atoms with Gasteiger partial charge in [-0.3, -0.25) is 19.6 Å². The van der Waals surface area contributed by atoms with E-state index in [4.69, 9.17) is 0 Å². The SMILES string of the molecule is CS(=O)(=O)Nc1ccc(NC(=O)c2ccc([N+](=O)[O-])cc2)cc1. The van der Waals surface area contributed by atoms with E-state index in [0.29, 0.717) is 11.4 Å². The Morgan fingerprint density at radius 1 is 1.00 bits per heavy atom. The molecule has 120 valence electrons. The molecule has 0 saturated heterocycles. The maximum absolute atomic E-state index is 12.0. The normalized spacial score (nSPS) is 10.8. The summed E-state index contributed by atoms with van der Waals surface area (Å²) in [7, 11) is -3.36. The highest BCUT2D eigenvalue weighted by Crippen LogP contribution is 2.17. The predicted octanol–water partition coefficient (Wildman–Crippen LogP) is 2.22. The molecular formula is C14H13N3O5S. The summed E-state index contributed by atoms with van der Waals surface area (Å²) in [5, 5.41) is 13.2. The number of benzene rings is 2. The molecule has 0 atom stereocenters. The van der Waals surface area contributed by atoms with Crippen LogP contribution in [0, 0.1) is 10.1 Å². The number of nitrogens with one attached hydrogen (secondary N) is 2. The number of hydrogen-bond acceptors (Lipinski definition) is 5. The number of rotatable bonds is 5. The molecule has 9 heteroatoms. The van der Waals surface area contributed by atoms with Gasteiger partial charge in [-0.15, -0.1) is 0 Å². The second-order valence-corrected chi connectivity index (χ2v) is 6.46. The van der Waals surface area contributed by atoms with Gasteiger partial charge >= 0.3 is 0 Å². The average molecular weight is 335 g/mol. The summed E-state index contributed by atoms with van der Waals surface area (Å²) < 4.78 is 24.5. The largest absolute Gasteiger partial charge is 0.322 e. The van der Waals surface area contributed by atoms with Crippen molar-refractivity contribution < 1.29 is 18.1 Å². The first-order valence-corrected chi connectivity index (χ1v) is 8.27. The van der Waals surface area contributed by atoms with Crippen LogP contribution in [0.15, 0.2) is 48.5 Å². The van der Waals surface area contributed by atoms with Gasteiger partial charge in [-0.2, -0.15) is 0 Å². The molecule has 0 spiro atoms. The number of amides is 1. The van der Waals surface area contributed by atoms with Crippen LogP contribution in [0.2, 0.25) is 0 Å². The number of nitro benzene ring substituents is 1. The first kappa shape index (κ1) is 16.4. The summed E-state index contributed by atoms with van der Waals surface area (Å²) in [6.07, 6.45) is 1.04. The van der Waals surface area contributed by atoms with Gasteiger partial charge in [0.2, 0.25) is 10.0 Å². The standard InChI is InChI=1S/C14H13N3O5S/c1-23(21,22)16-12-6-4-11(5-7-12)15-14(18)10-2-8-13(9-3-10)17(19)20/h2-9,16H,1H3,(H,15,18). The monoisotopic (exact) mass is 335 g/mol. The third kappa shape index (κ3) is 4.78. The van der Waals surface area contributed by atoms with E-state index in [1.807, 2.05) is 0 Å². The molecule has 23 heavy (non-hydrogen) atoms. The maximum atomic E-state index is 12.0. The van der Waals surface area contributed by atoms with Gasteiger partial charge in [-0.1, -0.05) is 0 Å². The lowest BCUT2D eigenvalue weighted by molar-refractivity contribution is -0.384. The minimum atomic E-state index is -3.36. The zero-order valence-electron chi connectivity index (χ0n) is 12.0. The first-order chi connectivity index (χ1) is 10.7. The van der Waals surface area contributed by atoms with E-state index < -0.39 is 20.9 Å². The highest BCUT2D eigenvalue weighted by atomic mass is 32.2. The molecule has 0 aliphatic heterocycles. The topological polar surface area (TPSA) is 118 Å². The van der Waals surface area contributed by atoms with Crippen LogP contribution in [-0.4, -0.2) is 25.5 Å². The summed E-state index contributed by atoms with van der Waals surface area (Å²) in [4.78, 5) is 22.0. The molecule has 0 aromatic heterocycles. The molecule has 0 bridgehead atoms. The molecule has 8 nitrogen and oxygen atoms in total. The second kappa shape index (κ2) is 6.44. The molecule has 0 fully saturated rings. The van der Waals surface area contributed by atoms with E-state index in [2.05, 4.69) is 10.0 Å². The zero-order chi connectivity index (χ0) is 17.0. The summed E-state index contributed by atoms with van der Waals surface area (Å²) in [5.41, 5.74) is 1.01. The van der Waals surface area contributed by atoms with Gasteiger partial charge in [0.1, 0.15) is 0 Å². The molecule has 0 unspecified atom stereocenters. The Bertz CT molecular complexity index is 830. The van der Waals surface area contributed by atoms with Gasteiger partial charge in [0.15, 0.2) is 0 Å². The number of hydrogen-bond donors (Lipinski definition) is 2. The Morgan fingerprint density at radius 3 is 2.00 bits per heavy atom. The molecule has 0 saturated carbocycles. The van der Waals surface area contributed by atoms with E-state index in [1.165, 1.54) is 48.5 Å². The average Bonchev–Trinajstić information content (AvgIpc) is 2.48. The number of carbonyl (C=O) groups excluding carboxylic acids is 1. The minimum absolute atomic E-state index is 0.0993. The lowest BCUT2D eigenvalue weighted by atomic mass is 10.2. The Kier molecular flexibility index (Phi) is 4.60. The van der Waals surface area contributed by atoms with Crippen LogP contribution >= 0.6 is 0 Å². The molecule has 0 aliphatic carbocycles. The molecule has 2 aromatic carbocycles. The van der Waals surface area contributed by atoms with Crippen LogP contribution in [0.4, 0.5) is 17.1 Å². The molecular weight excluding hydrogens is 322 g/mol. The zero-order valence-corrected chi connectivity index (χ0v) is 12.8. The Labute approximate surface area is 132 Å². The van der Waals surface area contributed by atoms with Gasteiger partial charge in [-0.05, 0) is 36.4 Å². The van der Waals surface area contributed by atoms with Crippen LogP contribution in [0.1, 0.15) is 10.4 Å². The third-order valence-corrected chi connectivity index (χ3v) is 3.39. The van der Waals surface area contributed by atoms with Gasteiger partial charge < -0.3 is 5.32 Å². The molecule has 2 aromatic rings. The van der Waals surface area contributed by atoms with E-state index in [1.54, 1.807) is 0 Å². The third-order valence-electron chi connectivity index (χ3n) is 2.79. The first-order valence-electron chi connectivity index (χ1n) is 6.38. The lowest BCUT2D eigenvalue weighted by Crippen LogP contribution is -2.12. The van der Waals surface area contributed by atoms with Crippen LogP contribution in [0.3, 0.4) is 0 Å². The van der Waals surface area contributed by atoms with Crippen molar-refractivity contribution in [3.05, 3.63) is 64.2 Å². The van der Waals surface area contributed by atoms with Crippen LogP contribution in [0.5, 0.6) is 0 Å². The van der Waals surface area contributed by atoms with Crippen molar-refractivity contribution in [2.75, 3.05) is 16.3 Å². The number of nitrogens with zero attached hydrogens (tertiary/aromatic N) is 1. The van der Waals surface area contributed by atoms with Crippen molar-refractivity contribution in [3.8, 4) is 0 Å². The van der Waals surface area contributed by atoms with Crippen molar-refractivity contribution in [2.45, 2.75) is 0 Å². The lowest BCUT2D eigenvalue weighted by Gasteiger charge is -2.07. The maximum Gasteiger partial charge on any atom is 0.269 e. The second-order valence-electron chi connectivity index (χ2n) is 4.71. The van der Waals surface area contributed by atoms with Crippen molar-refractivity contribution in [2.24, 2.45) is 0 Å². The highest BCUT2D eigenvalue weighted by molar-refractivity contribution is 7.92. The quantitative estimate of drug-likeness (QED) is 0.641. The summed E-state index contributed by atoms with van der Waals surface area (Å²) >= 11 is 0. The van der Waals surface area contributed by atoms with Crippen molar-refractivity contribution in [1.29, 1.82) is 0 Å². The van der Waals surface area contributed by atoms with E-state index in [9.17, 15) is 23.3 Å². The number of carbonyl (C=O) groups is 1. The minimum Gasteiger partial charge on any atom is -0.322 e. The Morgan fingerprint density at radius 2 is 1.52 bits per heavy atom. The van der Waals surface area contributed by atoms with Crippen molar-refractivity contribution in [1.82, 2.24) is 0 Å². The van der Waals surface area contributed by atoms with Crippen molar-refractivity contribution in [3.63, 3.8) is 0 Å². The fraction of sp³-hybridized carbons (Fsp3) is 0.0714. The number of non-ortho nitro benzene ring substituents is 1. The predicted molar refractivity (Wildman–Crippen MR) is 86.0 cm³/mol. The van der Waals surface area contributed by atoms with Crippen LogP contribution in [0.25, 0.3) is 0 Å².